The minimum atomic E-state index is 0. The molecule has 2 aromatic rings. The molecule has 0 aromatic heterocycles. The Morgan fingerprint density at radius 2 is 0.938 bits per heavy atom. The van der Waals surface area contributed by atoms with Gasteiger partial charge >= 0.3 is 29.6 Å². The average Bonchev–Trinajstić information content (AvgIpc) is 2.31. The van der Waals surface area contributed by atoms with Crippen molar-refractivity contribution in [2.45, 2.75) is 0 Å². The quantitative estimate of drug-likeness (QED) is 0.514. The van der Waals surface area contributed by atoms with E-state index in [-0.39, 0.29) is 29.6 Å². The third-order valence-electron chi connectivity index (χ3n) is 2.80. The molecular weight excluding hydrogens is 205 g/mol. The number of rotatable bonds is 2. The van der Waals surface area contributed by atoms with Gasteiger partial charge in [-0.05, 0) is 24.3 Å². The molecule has 0 unspecified atom stereocenters. The smallest absolute Gasteiger partial charge is 0.264 e. The molecule has 2 heteroatoms. The number of hydrogen-bond acceptors (Lipinski definition) is 0. The van der Waals surface area contributed by atoms with Gasteiger partial charge in [0.2, 0.25) is 0 Å². The molecule has 0 aliphatic rings. The Bertz CT molecular complexity index is 382. The molecule has 0 bridgehead atoms. The van der Waals surface area contributed by atoms with E-state index in [4.69, 9.17) is 0 Å². The van der Waals surface area contributed by atoms with Gasteiger partial charge in [-0.1, -0.05) is 36.4 Å². The van der Waals surface area contributed by atoms with E-state index in [1.54, 1.807) is 0 Å². The van der Waals surface area contributed by atoms with Gasteiger partial charge in [-0.2, -0.15) is 0 Å². The van der Waals surface area contributed by atoms with Crippen LogP contribution in [-0.4, -0.2) is 14.1 Å². The fraction of sp³-hybridized carbons (Fsp3) is 0.143. The zero-order chi connectivity index (χ0) is 10.7. The van der Waals surface area contributed by atoms with Crippen molar-refractivity contribution in [2.24, 2.45) is 0 Å². The van der Waals surface area contributed by atoms with Gasteiger partial charge in [-0.3, -0.25) is 4.48 Å². The van der Waals surface area contributed by atoms with Crippen LogP contribution in [-0.2, 0) is 0 Å². The normalized spacial score (nSPS) is 10.6. The summed E-state index contributed by atoms with van der Waals surface area (Å²) in [6.07, 6.45) is 0. The molecular formula is C14H16NNa+2. The van der Waals surface area contributed by atoms with Crippen LogP contribution in [0.1, 0.15) is 0 Å². The summed E-state index contributed by atoms with van der Waals surface area (Å²) >= 11 is 0. The second kappa shape index (κ2) is 5.65. The predicted molar refractivity (Wildman–Crippen MR) is 66.2 cm³/mol. The molecule has 0 N–H and O–H groups in total. The van der Waals surface area contributed by atoms with Crippen LogP contribution < -0.4 is 34.0 Å². The molecule has 76 valence electrons. The van der Waals surface area contributed by atoms with Crippen molar-refractivity contribution in [2.75, 3.05) is 14.1 Å². The van der Waals surface area contributed by atoms with Crippen LogP contribution in [0.25, 0.3) is 0 Å². The van der Waals surface area contributed by atoms with E-state index in [1.165, 1.54) is 11.4 Å². The maximum Gasteiger partial charge on any atom is 1.00 e. The Kier molecular flexibility index (Phi) is 4.75. The molecule has 0 spiro atoms. The van der Waals surface area contributed by atoms with E-state index in [0.29, 0.717) is 0 Å². The largest absolute Gasteiger partial charge is 1.00 e. The molecule has 0 saturated heterocycles. The first-order valence-electron chi connectivity index (χ1n) is 5.16. The van der Waals surface area contributed by atoms with Gasteiger partial charge in [0, 0.05) is 0 Å². The Morgan fingerprint density at radius 3 is 1.25 bits per heavy atom. The van der Waals surface area contributed by atoms with Crippen molar-refractivity contribution in [1.29, 1.82) is 0 Å². The second-order valence-electron chi connectivity index (χ2n) is 4.12. The Morgan fingerprint density at radius 1 is 0.625 bits per heavy atom. The molecule has 16 heavy (non-hydrogen) atoms. The number of hydrogen-bond donors (Lipinski definition) is 0. The summed E-state index contributed by atoms with van der Waals surface area (Å²) in [5.41, 5.74) is 2.59. The van der Waals surface area contributed by atoms with Gasteiger partial charge in [-0.15, -0.1) is 0 Å². The minimum Gasteiger partial charge on any atom is -0.264 e. The Balaban J connectivity index is 0.00000128. The van der Waals surface area contributed by atoms with Crippen molar-refractivity contribution >= 4 is 11.4 Å². The van der Waals surface area contributed by atoms with Gasteiger partial charge in [0.05, 0.1) is 14.1 Å². The fourth-order valence-electron chi connectivity index (χ4n) is 1.75. The first kappa shape index (κ1) is 13.5. The van der Waals surface area contributed by atoms with E-state index in [0.717, 1.165) is 4.48 Å². The van der Waals surface area contributed by atoms with Gasteiger partial charge in [0.1, 0.15) is 11.4 Å². The molecule has 0 radical (unpaired) electrons. The standard InChI is InChI=1S/C14H16N.Na/c1-15(2,13-9-5-3-6-10-13)14-11-7-4-8-12-14;/h3-12H,1-2H3;/q2*+1. The molecule has 2 rings (SSSR count). The third-order valence-corrected chi connectivity index (χ3v) is 2.80. The SMILES string of the molecule is C[N+](C)(c1ccccc1)c1ccccc1.[Na+]. The molecule has 0 atom stereocenters. The zero-order valence-electron chi connectivity index (χ0n) is 10.2. The van der Waals surface area contributed by atoms with Crippen LogP contribution in [0.15, 0.2) is 60.7 Å². The summed E-state index contributed by atoms with van der Waals surface area (Å²) in [6.45, 7) is 0. The van der Waals surface area contributed by atoms with Gasteiger partial charge in [0.25, 0.3) is 0 Å². The summed E-state index contributed by atoms with van der Waals surface area (Å²) in [4.78, 5) is 0. The van der Waals surface area contributed by atoms with Gasteiger partial charge in [-0.25, -0.2) is 0 Å². The van der Waals surface area contributed by atoms with Crippen LogP contribution in [0.2, 0.25) is 0 Å². The third kappa shape index (κ3) is 2.74. The summed E-state index contributed by atoms with van der Waals surface area (Å²) in [6, 6.07) is 21.1. The number of benzene rings is 2. The minimum absolute atomic E-state index is 0. The van der Waals surface area contributed by atoms with Crippen LogP contribution in [0.4, 0.5) is 11.4 Å². The Hall–Kier alpha value is -0.600. The van der Waals surface area contributed by atoms with Crippen molar-refractivity contribution in [3.8, 4) is 0 Å². The monoisotopic (exact) mass is 221 g/mol. The van der Waals surface area contributed by atoms with E-state index in [9.17, 15) is 0 Å². The molecule has 0 saturated carbocycles. The van der Waals surface area contributed by atoms with E-state index in [1.807, 2.05) is 0 Å². The second-order valence-corrected chi connectivity index (χ2v) is 4.12. The summed E-state index contributed by atoms with van der Waals surface area (Å²) in [5.74, 6) is 0. The van der Waals surface area contributed by atoms with Crippen molar-refractivity contribution in [3.63, 3.8) is 0 Å². The Labute approximate surface area is 120 Å². The first-order valence-corrected chi connectivity index (χ1v) is 5.16. The number of para-hydroxylation sites is 2. The van der Waals surface area contributed by atoms with Crippen LogP contribution in [0.3, 0.4) is 0 Å². The topological polar surface area (TPSA) is 0 Å². The van der Waals surface area contributed by atoms with Crippen LogP contribution in [0.5, 0.6) is 0 Å². The molecule has 0 aliphatic heterocycles. The average molecular weight is 221 g/mol. The number of quaternary nitrogens is 1. The summed E-state index contributed by atoms with van der Waals surface area (Å²) < 4.78 is 0.779. The summed E-state index contributed by atoms with van der Waals surface area (Å²) in [7, 11) is 4.40. The maximum atomic E-state index is 2.20. The van der Waals surface area contributed by atoms with Crippen molar-refractivity contribution in [1.82, 2.24) is 4.48 Å². The summed E-state index contributed by atoms with van der Waals surface area (Å²) in [5, 5.41) is 0. The van der Waals surface area contributed by atoms with Gasteiger partial charge in [0.15, 0.2) is 0 Å². The van der Waals surface area contributed by atoms with Crippen molar-refractivity contribution in [3.05, 3.63) is 60.7 Å². The molecule has 2 aromatic carbocycles. The van der Waals surface area contributed by atoms with Gasteiger partial charge < -0.3 is 0 Å². The maximum absolute atomic E-state index is 2.20. The van der Waals surface area contributed by atoms with E-state index in [2.05, 4.69) is 74.8 Å². The molecule has 1 nitrogen and oxygen atoms in total. The zero-order valence-corrected chi connectivity index (χ0v) is 12.2. The van der Waals surface area contributed by atoms with E-state index >= 15 is 0 Å². The molecule has 0 aliphatic carbocycles. The fourth-order valence-corrected chi connectivity index (χ4v) is 1.75. The predicted octanol–water partition coefficient (Wildman–Crippen LogP) is 0.589. The van der Waals surface area contributed by atoms with E-state index < -0.39 is 0 Å². The molecule has 0 amide bonds. The molecule has 0 fully saturated rings. The van der Waals surface area contributed by atoms with Crippen molar-refractivity contribution < 1.29 is 29.6 Å². The first-order chi connectivity index (χ1) is 7.21. The molecule has 0 heterocycles. The van der Waals surface area contributed by atoms with Crippen LogP contribution in [0, 0.1) is 0 Å². The van der Waals surface area contributed by atoms with Crippen LogP contribution >= 0.6 is 0 Å². The number of nitrogens with zero attached hydrogens (tertiary/aromatic N) is 1.